The molecule has 0 aliphatic heterocycles. The highest BCUT2D eigenvalue weighted by Crippen LogP contribution is 2.60. The van der Waals surface area contributed by atoms with Crippen LogP contribution in [0.2, 0.25) is 0 Å². The summed E-state index contributed by atoms with van der Waals surface area (Å²) in [6.45, 7) is 2.48. The van der Waals surface area contributed by atoms with Gasteiger partial charge >= 0.3 is 5.97 Å². The highest BCUT2D eigenvalue weighted by atomic mass is 16.4. The number of aromatic carboxylic acids is 1. The Bertz CT molecular complexity index is 977. The Balaban J connectivity index is 1.59. The van der Waals surface area contributed by atoms with Crippen molar-refractivity contribution in [1.29, 1.82) is 0 Å². The number of rotatable bonds is 3. The number of fused-ring (bicyclic) bond motifs is 5. The van der Waals surface area contributed by atoms with E-state index in [4.69, 9.17) is 0 Å². The average Bonchev–Trinajstić information content (AvgIpc) is 3.14. The van der Waals surface area contributed by atoms with E-state index >= 15 is 0 Å². The molecular formula is C26H28O3. The summed E-state index contributed by atoms with van der Waals surface area (Å²) in [7, 11) is 0. The average molecular weight is 389 g/mol. The lowest BCUT2D eigenvalue weighted by molar-refractivity contribution is 0.0597. The van der Waals surface area contributed by atoms with Gasteiger partial charge in [0.2, 0.25) is 0 Å². The molecule has 0 heterocycles. The Morgan fingerprint density at radius 1 is 1.00 bits per heavy atom. The molecule has 2 saturated carbocycles. The maximum atomic E-state index is 13.2. The van der Waals surface area contributed by atoms with E-state index in [2.05, 4.69) is 6.92 Å². The Labute approximate surface area is 172 Å². The minimum absolute atomic E-state index is 0.151. The highest BCUT2D eigenvalue weighted by Gasteiger charge is 2.50. The van der Waals surface area contributed by atoms with Crippen LogP contribution in [-0.2, 0) is 6.42 Å². The second kappa shape index (κ2) is 6.83. The van der Waals surface area contributed by atoms with E-state index in [9.17, 15) is 14.7 Å². The van der Waals surface area contributed by atoms with Gasteiger partial charge in [-0.1, -0.05) is 43.7 Å². The fourth-order valence-electron chi connectivity index (χ4n) is 6.72. The maximum Gasteiger partial charge on any atom is 0.336 e. The van der Waals surface area contributed by atoms with Gasteiger partial charge in [0.15, 0.2) is 5.78 Å². The molecule has 5 rings (SSSR count). The zero-order valence-electron chi connectivity index (χ0n) is 17.0. The largest absolute Gasteiger partial charge is 0.478 e. The molecule has 0 aromatic heterocycles. The van der Waals surface area contributed by atoms with Crippen molar-refractivity contribution in [2.24, 2.45) is 17.3 Å². The number of aryl methyl sites for hydroxylation is 1. The standard InChI is InChI=1S/C26H28O3/c1-26-12-5-8-23(26)19-10-9-17-14-22(25(28)29)21(15-20(17)18(19)11-13-26)24(27)16-6-3-2-4-7-16/h2-4,6-7,14-15,18-19,23H,5,8-13H2,1H3,(H,28,29)/t18-,19+,23-,26-/m0/s1. The van der Waals surface area contributed by atoms with Crippen molar-refractivity contribution < 1.29 is 14.7 Å². The molecule has 3 aliphatic carbocycles. The summed E-state index contributed by atoms with van der Waals surface area (Å²) in [6, 6.07) is 12.8. The SMILES string of the molecule is C[C@@]12CCC[C@H]1[C@@H]1CCc3cc(C(=O)O)c(C(=O)c4ccccc4)cc3[C@H]1CC2. The molecule has 150 valence electrons. The normalized spacial score (nSPS) is 30.2. The van der Waals surface area contributed by atoms with Gasteiger partial charge in [-0.3, -0.25) is 4.79 Å². The number of benzene rings is 2. The first kappa shape index (κ1) is 18.6. The minimum atomic E-state index is -1.01. The van der Waals surface area contributed by atoms with Crippen LogP contribution in [0.1, 0.15) is 88.8 Å². The number of hydrogen-bond donors (Lipinski definition) is 1. The predicted molar refractivity (Wildman–Crippen MR) is 113 cm³/mol. The second-order valence-electron chi connectivity index (χ2n) is 9.60. The topological polar surface area (TPSA) is 54.4 Å². The van der Waals surface area contributed by atoms with Gasteiger partial charge in [0, 0.05) is 11.1 Å². The van der Waals surface area contributed by atoms with Crippen LogP contribution in [0.5, 0.6) is 0 Å². The van der Waals surface area contributed by atoms with Gasteiger partial charge in [-0.15, -0.1) is 0 Å². The van der Waals surface area contributed by atoms with Crippen LogP contribution < -0.4 is 0 Å². The highest BCUT2D eigenvalue weighted by molar-refractivity contribution is 6.14. The first-order chi connectivity index (χ1) is 14.0. The van der Waals surface area contributed by atoms with Crippen LogP contribution in [0.25, 0.3) is 0 Å². The van der Waals surface area contributed by atoms with Gasteiger partial charge in [0.05, 0.1) is 5.56 Å². The van der Waals surface area contributed by atoms with Crippen molar-refractivity contribution in [3.8, 4) is 0 Å². The van der Waals surface area contributed by atoms with E-state index in [-0.39, 0.29) is 11.3 Å². The number of carboxylic acids is 1. The molecule has 0 radical (unpaired) electrons. The Morgan fingerprint density at radius 2 is 1.79 bits per heavy atom. The molecule has 29 heavy (non-hydrogen) atoms. The van der Waals surface area contributed by atoms with Crippen LogP contribution in [0.15, 0.2) is 42.5 Å². The van der Waals surface area contributed by atoms with Crippen LogP contribution in [0.4, 0.5) is 0 Å². The van der Waals surface area contributed by atoms with Crippen molar-refractivity contribution in [3.63, 3.8) is 0 Å². The molecule has 3 aliphatic rings. The summed E-state index contributed by atoms with van der Waals surface area (Å²) in [4.78, 5) is 25.2. The van der Waals surface area contributed by atoms with E-state index in [0.29, 0.717) is 28.4 Å². The van der Waals surface area contributed by atoms with E-state index in [1.165, 1.54) is 31.2 Å². The minimum Gasteiger partial charge on any atom is -0.478 e. The van der Waals surface area contributed by atoms with Crippen molar-refractivity contribution in [1.82, 2.24) is 0 Å². The Morgan fingerprint density at radius 3 is 2.55 bits per heavy atom. The number of carbonyl (C=O) groups excluding carboxylic acids is 1. The van der Waals surface area contributed by atoms with Crippen molar-refractivity contribution in [2.75, 3.05) is 0 Å². The summed E-state index contributed by atoms with van der Waals surface area (Å²) < 4.78 is 0. The molecule has 1 N–H and O–H groups in total. The summed E-state index contributed by atoms with van der Waals surface area (Å²) in [6.07, 6.45) is 8.52. The Kier molecular flexibility index (Phi) is 4.38. The molecule has 2 fully saturated rings. The van der Waals surface area contributed by atoms with Gasteiger partial charge in [-0.05, 0) is 85.0 Å². The van der Waals surface area contributed by atoms with Crippen LogP contribution >= 0.6 is 0 Å². The van der Waals surface area contributed by atoms with E-state index in [0.717, 1.165) is 30.7 Å². The predicted octanol–water partition coefficient (Wildman–Crippen LogP) is 5.86. The third-order valence-electron chi connectivity index (χ3n) is 8.16. The number of ketones is 1. The quantitative estimate of drug-likeness (QED) is 0.670. The van der Waals surface area contributed by atoms with Crippen molar-refractivity contribution in [2.45, 2.75) is 57.8 Å². The molecule has 0 amide bonds. The molecule has 4 atom stereocenters. The van der Waals surface area contributed by atoms with E-state index < -0.39 is 5.97 Å². The fraction of sp³-hybridized carbons (Fsp3) is 0.462. The fourth-order valence-corrected chi connectivity index (χ4v) is 6.72. The summed E-state index contributed by atoms with van der Waals surface area (Å²) in [5.41, 5.74) is 3.94. The lowest BCUT2D eigenvalue weighted by atomic mass is 9.55. The van der Waals surface area contributed by atoms with Gasteiger partial charge in [0.1, 0.15) is 0 Å². The number of carbonyl (C=O) groups is 2. The van der Waals surface area contributed by atoms with Crippen molar-refractivity contribution in [3.05, 3.63) is 70.3 Å². The molecule has 0 saturated heterocycles. The zero-order valence-corrected chi connectivity index (χ0v) is 17.0. The smallest absolute Gasteiger partial charge is 0.336 e. The molecule has 0 spiro atoms. The molecule has 3 nitrogen and oxygen atoms in total. The van der Waals surface area contributed by atoms with Gasteiger partial charge in [0.25, 0.3) is 0 Å². The monoisotopic (exact) mass is 388 g/mol. The number of hydrogen-bond acceptors (Lipinski definition) is 2. The van der Waals surface area contributed by atoms with E-state index in [1.807, 2.05) is 24.3 Å². The first-order valence-electron chi connectivity index (χ1n) is 11.0. The molecular weight excluding hydrogens is 360 g/mol. The molecule has 0 unspecified atom stereocenters. The van der Waals surface area contributed by atoms with Crippen LogP contribution in [0.3, 0.4) is 0 Å². The third-order valence-corrected chi connectivity index (χ3v) is 8.16. The lowest BCUT2D eigenvalue weighted by Crippen LogP contribution is -2.39. The van der Waals surface area contributed by atoms with E-state index in [1.54, 1.807) is 18.2 Å². The summed E-state index contributed by atoms with van der Waals surface area (Å²) in [5, 5.41) is 9.80. The molecule has 2 aromatic rings. The van der Waals surface area contributed by atoms with Gasteiger partial charge in [-0.2, -0.15) is 0 Å². The maximum absolute atomic E-state index is 13.2. The summed E-state index contributed by atoms with van der Waals surface area (Å²) >= 11 is 0. The second-order valence-corrected chi connectivity index (χ2v) is 9.60. The number of carboxylic acid groups (broad SMARTS) is 1. The van der Waals surface area contributed by atoms with Crippen LogP contribution in [-0.4, -0.2) is 16.9 Å². The molecule has 0 bridgehead atoms. The summed E-state index contributed by atoms with van der Waals surface area (Å²) in [5.74, 6) is 0.733. The zero-order chi connectivity index (χ0) is 20.2. The lowest BCUT2D eigenvalue weighted by Gasteiger charge is -2.49. The van der Waals surface area contributed by atoms with Gasteiger partial charge in [-0.25, -0.2) is 4.79 Å². The first-order valence-corrected chi connectivity index (χ1v) is 11.0. The van der Waals surface area contributed by atoms with Crippen molar-refractivity contribution >= 4 is 11.8 Å². The van der Waals surface area contributed by atoms with Crippen LogP contribution in [0, 0.1) is 17.3 Å². The Hall–Kier alpha value is -2.42. The van der Waals surface area contributed by atoms with Gasteiger partial charge < -0.3 is 5.11 Å². The third kappa shape index (κ3) is 2.94. The molecule has 2 aromatic carbocycles. The molecule has 3 heteroatoms.